The molecular weight excluding hydrogens is 160 g/mol. The standard InChI is InChI=1S/C11H14N2/c1-8-10-6-4-3-5-9(10)7-11(12-2)13-8/h3,5,7H,4,6H2,1-2H3,(H,12,13). The van der Waals surface area contributed by atoms with Gasteiger partial charge in [-0.25, -0.2) is 4.98 Å². The van der Waals surface area contributed by atoms with Crippen LogP contribution in [0, 0.1) is 6.92 Å². The molecule has 1 aromatic heterocycles. The first-order valence-electron chi connectivity index (χ1n) is 4.66. The highest BCUT2D eigenvalue weighted by molar-refractivity contribution is 5.61. The van der Waals surface area contributed by atoms with E-state index >= 15 is 0 Å². The van der Waals surface area contributed by atoms with E-state index < -0.39 is 0 Å². The molecule has 1 N–H and O–H groups in total. The monoisotopic (exact) mass is 174 g/mol. The molecule has 0 saturated heterocycles. The number of pyridine rings is 1. The van der Waals surface area contributed by atoms with Crippen LogP contribution in [-0.2, 0) is 6.42 Å². The average molecular weight is 174 g/mol. The van der Waals surface area contributed by atoms with Crippen LogP contribution in [0.15, 0.2) is 12.1 Å². The van der Waals surface area contributed by atoms with Crippen LogP contribution < -0.4 is 5.32 Å². The van der Waals surface area contributed by atoms with Gasteiger partial charge in [0.15, 0.2) is 0 Å². The maximum Gasteiger partial charge on any atom is 0.126 e. The summed E-state index contributed by atoms with van der Waals surface area (Å²) < 4.78 is 0. The lowest BCUT2D eigenvalue weighted by atomic mass is 9.97. The Hall–Kier alpha value is -1.31. The fourth-order valence-electron chi connectivity index (χ4n) is 1.76. The third kappa shape index (κ3) is 1.44. The van der Waals surface area contributed by atoms with E-state index in [1.54, 1.807) is 0 Å². The van der Waals surface area contributed by atoms with Crippen LogP contribution in [0.2, 0.25) is 0 Å². The second-order valence-corrected chi connectivity index (χ2v) is 3.35. The predicted molar refractivity (Wildman–Crippen MR) is 55.9 cm³/mol. The van der Waals surface area contributed by atoms with E-state index in [0.29, 0.717) is 0 Å². The predicted octanol–water partition coefficient (Wildman–Crippen LogP) is 2.39. The summed E-state index contributed by atoms with van der Waals surface area (Å²) in [5.74, 6) is 0.961. The van der Waals surface area contributed by atoms with Gasteiger partial charge in [0.2, 0.25) is 0 Å². The highest BCUT2D eigenvalue weighted by atomic mass is 15.0. The van der Waals surface area contributed by atoms with Crippen LogP contribution in [0.4, 0.5) is 5.82 Å². The second-order valence-electron chi connectivity index (χ2n) is 3.35. The molecule has 0 radical (unpaired) electrons. The number of aryl methyl sites for hydroxylation is 1. The fourth-order valence-corrected chi connectivity index (χ4v) is 1.76. The Morgan fingerprint density at radius 3 is 3.08 bits per heavy atom. The van der Waals surface area contributed by atoms with Gasteiger partial charge in [-0.15, -0.1) is 0 Å². The number of anilines is 1. The molecule has 1 aliphatic carbocycles. The molecule has 0 amide bonds. The molecule has 0 aromatic carbocycles. The average Bonchev–Trinajstić information content (AvgIpc) is 2.18. The van der Waals surface area contributed by atoms with Crippen molar-refractivity contribution < 1.29 is 0 Å². The van der Waals surface area contributed by atoms with Crippen LogP contribution in [-0.4, -0.2) is 12.0 Å². The Bertz CT molecular complexity index is 353. The molecule has 2 heteroatoms. The van der Waals surface area contributed by atoms with E-state index in [9.17, 15) is 0 Å². The first-order valence-corrected chi connectivity index (χ1v) is 4.66. The number of rotatable bonds is 1. The lowest BCUT2D eigenvalue weighted by molar-refractivity contribution is 0.946. The normalized spacial score (nSPS) is 14.0. The molecule has 0 fully saturated rings. The van der Waals surface area contributed by atoms with Crippen molar-refractivity contribution in [2.45, 2.75) is 19.8 Å². The highest BCUT2D eigenvalue weighted by Gasteiger charge is 2.09. The first kappa shape index (κ1) is 8.30. The lowest BCUT2D eigenvalue weighted by Gasteiger charge is -2.14. The molecule has 2 nitrogen and oxygen atoms in total. The van der Waals surface area contributed by atoms with Gasteiger partial charge in [-0.1, -0.05) is 12.2 Å². The van der Waals surface area contributed by atoms with Gasteiger partial charge in [-0.3, -0.25) is 0 Å². The van der Waals surface area contributed by atoms with Gasteiger partial charge in [0.1, 0.15) is 5.82 Å². The summed E-state index contributed by atoms with van der Waals surface area (Å²) >= 11 is 0. The van der Waals surface area contributed by atoms with E-state index in [4.69, 9.17) is 0 Å². The van der Waals surface area contributed by atoms with Crippen molar-refractivity contribution in [1.29, 1.82) is 0 Å². The second kappa shape index (κ2) is 3.21. The molecule has 0 spiro atoms. The Balaban J connectivity index is 2.55. The van der Waals surface area contributed by atoms with Crippen LogP contribution in [0.3, 0.4) is 0 Å². The number of hydrogen-bond acceptors (Lipinski definition) is 2. The quantitative estimate of drug-likeness (QED) is 0.707. The van der Waals surface area contributed by atoms with Crippen molar-refractivity contribution >= 4 is 11.9 Å². The molecule has 0 saturated carbocycles. The van der Waals surface area contributed by atoms with Gasteiger partial charge in [-0.2, -0.15) is 0 Å². The molecule has 2 rings (SSSR count). The first-order chi connectivity index (χ1) is 6.31. The Morgan fingerprint density at radius 2 is 2.31 bits per heavy atom. The minimum absolute atomic E-state index is 0.961. The largest absolute Gasteiger partial charge is 0.373 e. The molecule has 1 aliphatic rings. The highest BCUT2D eigenvalue weighted by Crippen LogP contribution is 2.23. The molecule has 0 aliphatic heterocycles. The van der Waals surface area contributed by atoms with Crippen molar-refractivity contribution in [3.8, 4) is 0 Å². The molecule has 1 heterocycles. The van der Waals surface area contributed by atoms with Gasteiger partial charge >= 0.3 is 0 Å². The molecule has 68 valence electrons. The summed E-state index contributed by atoms with van der Waals surface area (Å²) in [7, 11) is 1.90. The van der Waals surface area contributed by atoms with E-state index in [1.807, 2.05) is 7.05 Å². The van der Waals surface area contributed by atoms with Crippen molar-refractivity contribution in [3.05, 3.63) is 29.0 Å². The summed E-state index contributed by atoms with van der Waals surface area (Å²) in [6.07, 6.45) is 6.69. The molecule has 0 bridgehead atoms. The summed E-state index contributed by atoms with van der Waals surface area (Å²) in [5, 5.41) is 3.07. The van der Waals surface area contributed by atoms with E-state index in [-0.39, 0.29) is 0 Å². The van der Waals surface area contributed by atoms with Crippen LogP contribution in [0.5, 0.6) is 0 Å². The molecule has 1 aromatic rings. The van der Waals surface area contributed by atoms with Gasteiger partial charge in [0.05, 0.1) is 0 Å². The van der Waals surface area contributed by atoms with Crippen molar-refractivity contribution in [1.82, 2.24) is 4.98 Å². The maximum absolute atomic E-state index is 4.46. The summed E-state index contributed by atoms with van der Waals surface area (Å²) in [4.78, 5) is 4.46. The minimum atomic E-state index is 0.961. The van der Waals surface area contributed by atoms with Crippen molar-refractivity contribution in [2.24, 2.45) is 0 Å². The summed E-state index contributed by atoms with van der Waals surface area (Å²) in [5.41, 5.74) is 3.89. The Labute approximate surface area is 78.7 Å². The minimum Gasteiger partial charge on any atom is -0.373 e. The van der Waals surface area contributed by atoms with E-state index in [0.717, 1.165) is 24.4 Å². The Kier molecular flexibility index (Phi) is 2.05. The molecular formula is C11H14N2. The van der Waals surface area contributed by atoms with E-state index in [2.05, 4.69) is 35.4 Å². The number of nitrogens with one attached hydrogen (secondary N) is 1. The van der Waals surface area contributed by atoms with Crippen LogP contribution >= 0.6 is 0 Å². The van der Waals surface area contributed by atoms with Gasteiger partial charge < -0.3 is 5.32 Å². The smallest absolute Gasteiger partial charge is 0.126 e. The Morgan fingerprint density at radius 1 is 1.46 bits per heavy atom. The maximum atomic E-state index is 4.46. The fraction of sp³-hybridized carbons (Fsp3) is 0.364. The SMILES string of the molecule is CNc1cc2c(c(C)n1)CCC=C2. The number of hydrogen-bond donors (Lipinski definition) is 1. The third-order valence-corrected chi connectivity index (χ3v) is 2.48. The number of fused-ring (bicyclic) bond motifs is 1. The summed E-state index contributed by atoms with van der Waals surface area (Å²) in [6, 6.07) is 2.11. The van der Waals surface area contributed by atoms with Crippen molar-refractivity contribution in [3.63, 3.8) is 0 Å². The van der Waals surface area contributed by atoms with Crippen LogP contribution in [0.25, 0.3) is 6.08 Å². The molecule has 0 unspecified atom stereocenters. The van der Waals surface area contributed by atoms with Crippen molar-refractivity contribution in [2.75, 3.05) is 12.4 Å². The van der Waals surface area contributed by atoms with Gasteiger partial charge in [0, 0.05) is 12.7 Å². The number of allylic oxidation sites excluding steroid dienone is 1. The number of aromatic nitrogens is 1. The molecule has 0 atom stereocenters. The van der Waals surface area contributed by atoms with Gasteiger partial charge in [-0.05, 0) is 37.0 Å². The number of nitrogens with zero attached hydrogens (tertiary/aromatic N) is 1. The van der Waals surface area contributed by atoms with E-state index in [1.165, 1.54) is 11.1 Å². The lowest BCUT2D eigenvalue weighted by Crippen LogP contribution is -2.03. The van der Waals surface area contributed by atoms with Gasteiger partial charge in [0.25, 0.3) is 0 Å². The zero-order chi connectivity index (χ0) is 9.26. The zero-order valence-corrected chi connectivity index (χ0v) is 8.09. The topological polar surface area (TPSA) is 24.9 Å². The third-order valence-electron chi connectivity index (χ3n) is 2.48. The summed E-state index contributed by atoms with van der Waals surface area (Å²) in [6.45, 7) is 2.08. The molecule has 13 heavy (non-hydrogen) atoms. The zero-order valence-electron chi connectivity index (χ0n) is 8.09. The van der Waals surface area contributed by atoms with Crippen LogP contribution in [0.1, 0.15) is 23.2 Å².